The molecule has 1 atom stereocenters. The van der Waals surface area contributed by atoms with Crippen molar-refractivity contribution in [2.75, 3.05) is 5.73 Å². The maximum absolute atomic E-state index is 11.5. The molecule has 0 saturated heterocycles. The van der Waals surface area contributed by atoms with Gasteiger partial charge in [-0.25, -0.2) is 0 Å². The fourth-order valence-electron chi connectivity index (χ4n) is 1.23. The number of rotatable bonds is 4. The van der Waals surface area contributed by atoms with E-state index in [0.717, 1.165) is 6.07 Å². The summed E-state index contributed by atoms with van der Waals surface area (Å²) < 4.78 is 0. The molecule has 0 saturated carbocycles. The third-order valence-electron chi connectivity index (χ3n) is 2.20. The molecule has 0 aliphatic rings. The lowest BCUT2D eigenvalue weighted by molar-refractivity contribution is -0.383. The van der Waals surface area contributed by atoms with E-state index in [9.17, 15) is 20.0 Å². The molecule has 0 bridgehead atoms. The molecule has 0 amide bonds. The van der Waals surface area contributed by atoms with E-state index < -0.39 is 16.8 Å². The van der Waals surface area contributed by atoms with Crippen LogP contribution in [-0.2, 0) is 0 Å². The lowest BCUT2D eigenvalue weighted by atomic mass is 10.0. The number of aliphatic hydroxyl groups excluding tert-OH is 1. The Morgan fingerprint density at radius 3 is 2.75 bits per heavy atom. The Bertz CT molecular complexity index is 431. The van der Waals surface area contributed by atoms with Gasteiger partial charge in [-0.05, 0) is 18.6 Å². The summed E-state index contributed by atoms with van der Waals surface area (Å²) in [5.74, 6) is -0.536. The highest BCUT2D eigenvalue weighted by Crippen LogP contribution is 2.23. The van der Waals surface area contributed by atoms with Gasteiger partial charge in [-0.1, -0.05) is 6.92 Å². The number of carbonyl (C=O) groups is 1. The largest absolute Gasteiger partial charge is 0.393 e. The van der Waals surface area contributed by atoms with Gasteiger partial charge in [-0.2, -0.15) is 0 Å². The minimum atomic E-state index is -1.14. The number of hydrogen-bond acceptors (Lipinski definition) is 5. The van der Waals surface area contributed by atoms with E-state index in [1.54, 1.807) is 6.92 Å². The molecule has 0 aromatic heterocycles. The maximum Gasteiger partial charge on any atom is 0.292 e. The summed E-state index contributed by atoms with van der Waals surface area (Å²) >= 11 is 0. The number of Topliss-reactive ketones (excluding diaryl/α,β-unsaturated/α-hetero) is 1. The molecule has 0 radical (unpaired) electrons. The standard InChI is InChI=1S/C10H12N2O4/c1-2-9(13)10(14)6-3-4-7(11)8(5-6)12(15)16/h3-5,9,13H,2,11H2,1H3. The molecule has 16 heavy (non-hydrogen) atoms. The van der Waals surface area contributed by atoms with Crippen LogP contribution in [0, 0.1) is 10.1 Å². The van der Waals surface area contributed by atoms with Gasteiger partial charge in [0, 0.05) is 11.6 Å². The molecule has 6 nitrogen and oxygen atoms in total. The van der Waals surface area contributed by atoms with Crippen LogP contribution < -0.4 is 5.73 Å². The number of nitrogens with zero attached hydrogens (tertiary/aromatic N) is 1. The van der Waals surface area contributed by atoms with Crippen LogP contribution in [0.4, 0.5) is 11.4 Å². The Hall–Kier alpha value is -1.95. The van der Waals surface area contributed by atoms with E-state index in [2.05, 4.69) is 0 Å². The fourth-order valence-corrected chi connectivity index (χ4v) is 1.23. The number of aliphatic hydroxyl groups is 1. The van der Waals surface area contributed by atoms with Crippen LogP contribution in [-0.4, -0.2) is 21.9 Å². The molecule has 3 N–H and O–H groups in total. The normalized spacial score (nSPS) is 12.1. The van der Waals surface area contributed by atoms with Crippen molar-refractivity contribution >= 4 is 17.2 Å². The first-order valence-corrected chi connectivity index (χ1v) is 4.73. The van der Waals surface area contributed by atoms with Crippen LogP contribution in [0.3, 0.4) is 0 Å². The summed E-state index contributed by atoms with van der Waals surface area (Å²) in [6.07, 6.45) is -0.875. The van der Waals surface area contributed by atoms with Gasteiger partial charge in [0.25, 0.3) is 5.69 Å². The summed E-state index contributed by atoms with van der Waals surface area (Å²) in [6.45, 7) is 1.65. The topological polar surface area (TPSA) is 106 Å². The Labute approximate surface area is 91.8 Å². The Morgan fingerprint density at radius 2 is 2.25 bits per heavy atom. The van der Waals surface area contributed by atoms with Crippen LogP contribution in [0.25, 0.3) is 0 Å². The molecule has 1 unspecified atom stereocenters. The SMILES string of the molecule is CCC(O)C(=O)c1ccc(N)c([N+](=O)[O-])c1. The Kier molecular flexibility index (Phi) is 3.57. The van der Waals surface area contributed by atoms with Crippen molar-refractivity contribution in [1.29, 1.82) is 0 Å². The summed E-state index contributed by atoms with van der Waals surface area (Å²) in [7, 11) is 0. The molecule has 0 fully saturated rings. The van der Waals surface area contributed by atoms with Crippen LogP contribution in [0.5, 0.6) is 0 Å². The third kappa shape index (κ3) is 2.34. The predicted molar refractivity (Wildman–Crippen MR) is 58.1 cm³/mol. The molecule has 0 aliphatic carbocycles. The number of nitro benzene ring substituents is 1. The molecule has 0 aliphatic heterocycles. The lowest BCUT2D eigenvalue weighted by Gasteiger charge is -2.06. The second-order valence-electron chi connectivity index (χ2n) is 3.32. The van der Waals surface area contributed by atoms with Gasteiger partial charge in [0.1, 0.15) is 11.8 Å². The quantitative estimate of drug-likeness (QED) is 0.345. The van der Waals surface area contributed by atoms with Crippen molar-refractivity contribution in [1.82, 2.24) is 0 Å². The summed E-state index contributed by atoms with van der Waals surface area (Å²) in [5.41, 5.74) is 5.14. The zero-order chi connectivity index (χ0) is 12.3. The van der Waals surface area contributed by atoms with Crippen LogP contribution in [0.2, 0.25) is 0 Å². The van der Waals surface area contributed by atoms with Crippen molar-refractivity contribution in [3.8, 4) is 0 Å². The van der Waals surface area contributed by atoms with E-state index in [-0.39, 0.29) is 23.4 Å². The van der Waals surface area contributed by atoms with Crippen LogP contribution >= 0.6 is 0 Å². The van der Waals surface area contributed by atoms with Gasteiger partial charge in [-0.3, -0.25) is 14.9 Å². The summed E-state index contributed by atoms with van der Waals surface area (Å²) in [6, 6.07) is 3.73. The fraction of sp³-hybridized carbons (Fsp3) is 0.300. The minimum Gasteiger partial charge on any atom is -0.393 e. The average Bonchev–Trinajstić information content (AvgIpc) is 2.27. The molecule has 1 aromatic carbocycles. The zero-order valence-electron chi connectivity index (χ0n) is 8.71. The van der Waals surface area contributed by atoms with Gasteiger partial charge in [0.15, 0.2) is 5.78 Å². The van der Waals surface area contributed by atoms with Crippen molar-refractivity contribution in [3.05, 3.63) is 33.9 Å². The molecule has 86 valence electrons. The number of hydrogen-bond donors (Lipinski definition) is 2. The maximum atomic E-state index is 11.5. The highest BCUT2D eigenvalue weighted by Gasteiger charge is 2.19. The third-order valence-corrected chi connectivity index (χ3v) is 2.20. The number of anilines is 1. The van der Waals surface area contributed by atoms with Gasteiger partial charge < -0.3 is 10.8 Å². The smallest absolute Gasteiger partial charge is 0.292 e. The summed E-state index contributed by atoms with van der Waals surface area (Å²) in [5, 5.41) is 19.9. The lowest BCUT2D eigenvalue weighted by Crippen LogP contribution is -2.19. The highest BCUT2D eigenvalue weighted by molar-refractivity contribution is 6.00. The predicted octanol–water partition coefficient (Wildman–Crippen LogP) is 1.13. The monoisotopic (exact) mass is 224 g/mol. The first-order chi connectivity index (χ1) is 7.47. The number of ketones is 1. The van der Waals surface area contributed by atoms with Crippen LogP contribution in [0.1, 0.15) is 23.7 Å². The molecule has 0 spiro atoms. The van der Waals surface area contributed by atoms with E-state index in [4.69, 9.17) is 5.73 Å². The number of nitro groups is 1. The van der Waals surface area contributed by atoms with E-state index in [1.165, 1.54) is 12.1 Å². The Balaban J connectivity index is 3.13. The van der Waals surface area contributed by atoms with Crippen molar-refractivity contribution < 1.29 is 14.8 Å². The van der Waals surface area contributed by atoms with Gasteiger partial charge >= 0.3 is 0 Å². The van der Waals surface area contributed by atoms with Gasteiger partial charge in [0.05, 0.1) is 4.92 Å². The highest BCUT2D eigenvalue weighted by atomic mass is 16.6. The van der Waals surface area contributed by atoms with Gasteiger partial charge in [-0.15, -0.1) is 0 Å². The van der Waals surface area contributed by atoms with Crippen molar-refractivity contribution in [3.63, 3.8) is 0 Å². The van der Waals surface area contributed by atoms with Crippen molar-refractivity contribution in [2.24, 2.45) is 0 Å². The molecular formula is C10H12N2O4. The van der Waals surface area contributed by atoms with E-state index >= 15 is 0 Å². The number of benzene rings is 1. The van der Waals surface area contributed by atoms with Crippen molar-refractivity contribution in [2.45, 2.75) is 19.4 Å². The minimum absolute atomic E-state index is 0.00691. The summed E-state index contributed by atoms with van der Waals surface area (Å²) in [4.78, 5) is 21.5. The second-order valence-corrected chi connectivity index (χ2v) is 3.32. The first kappa shape index (κ1) is 12.1. The number of nitrogens with two attached hydrogens (primary N) is 1. The molecule has 6 heteroatoms. The number of carbonyl (C=O) groups excluding carboxylic acids is 1. The molecule has 1 aromatic rings. The molecular weight excluding hydrogens is 212 g/mol. The van der Waals surface area contributed by atoms with E-state index in [1.807, 2.05) is 0 Å². The first-order valence-electron chi connectivity index (χ1n) is 4.73. The second kappa shape index (κ2) is 4.71. The zero-order valence-corrected chi connectivity index (χ0v) is 8.71. The molecule has 0 heterocycles. The van der Waals surface area contributed by atoms with Gasteiger partial charge in [0.2, 0.25) is 0 Å². The Morgan fingerprint density at radius 1 is 1.62 bits per heavy atom. The number of nitrogen functional groups attached to an aromatic ring is 1. The van der Waals surface area contributed by atoms with Crippen LogP contribution in [0.15, 0.2) is 18.2 Å². The average molecular weight is 224 g/mol. The van der Waals surface area contributed by atoms with E-state index in [0.29, 0.717) is 0 Å². The molecule has 1 rings (SSSR count).